The predicted molar refractivity (Wildman–Crippen MR) is 59.8 cm³/mol. The molecule has 0 atom stereocenters. The van der Waals surface area contributed by atoms with Crippen LogP contribution in [0.2, 0.25) is 0 Å². The van der Waals surface area contributed by atoms with Gasteiger partial charge in [-0.3, -0.25) is 9.59 Å². The van der Waals surface area contributed by atoms with E-state index in [-0.39, 0.29) is 18.4 Å². The van der Waals surface area contributed by atoms with Crippen molar-refractivity contribution in [2.45, 2.75) is 0 Å². The Morgan fingerprint density at radius 1 is 1.67 bits per heavy atom. The van der Waals surface area contributed by atoms with Crippen molar-refractivity contribution in [3.63, 3.8) is 0 Å². The number of carbonyl (C=O) groups is 2. The molecule has 7 heteroatoms. The maximum Gasteiger partial charge on any atom is 0.245 e. The molecule has 1 N–H and O–H groups in total. The smallest absolute Gasteiger partial charge is 0.245 e. The number of thioether (sulfide) groups is 1. The largest absolute Gasteiger partial charge is 0.323 e. The van der Waals surface area contributed by atoms with Crippen LogP contribution >= 0.6 is 23.1 Å². The van der Waals surface area contributed by atoms with Crippen LogP contribution in [0.3, 0.4) is 0 Å². The van der Waals surface area contributed by atoms with Gasteiger partial charge in [-0.2, -0.15) is 0 Å². The Balaban J connectivity index is 1.84. The molecule has 15 heavy (non-hydrogen) atoms. The number of nitrogens with zero attached hydrogens (tertiary/aromatic N) is 2. The molecule has 5 nitrogen and oxygen atoms in total. The van der Waals surface area contributed by atoms with Gasteiger partial charge in [-0.15, -0.1) is 23.1 Å². The number of hydrogen-bond acceptors (Lipinski definition) is 5. The van der Waals surface area contributed by atoms with Crippen molar-refractivity contribution in [3.05, 3.63) is 11.6 Å². The summed E-state index contributed by atoms with van der Waals surface area (Å²) in [5.41, 5.74) is 0. The van der Waals surface area contributed by atoms with Crippen molar-refractivity contribution in [2.24, 2.45) is 0 Å². The minimum atomic E-state index is -0.194. The lowest BCUT2D eigenvalue weighted by Crippen LogP contribution is -2.34. The van der Waals surface area contributed by atoms with E-state index in [1.54, 1.807) is 11.6 Å². The summed E-state index contributed by atoms with van der Waals surface area (Å²) in [6.07, 6.45) is 1.62. The third-order valence-electron chi connectivity index (χ3n) is 1.84. The van der Waals surface area contributed by atoms with Gasteiger partial charge in [0.1, 0.15) is 6.54 Å². The molecule has 2 heterocycles. The van der Waals surface area contributed by atoms with Crippen LogP contribution in [0.25, 0.3) is 0 Å². The van der Waals surface area contributed by atoms with Gasteiger partial charge in [0, 0.05) is 11.6 Å². The van der Waals surface area contributed by atoms with E-state index in [1.165, 1.54) is 28.0 Å². The maximum atomic E-state index is 11.5. The van der Waals surface area contributed by atoms with E-state index in [1.807, 2.05) is 0 Å². The first-order valence-corrected chi connectivity index (χ1v) is 6.34. The second kappa shape index (κ2) is 4.63. The first-order valence-electron chi connectivity index (χ1n) is 4.30. The fourth-order valence-corrected chi connectivity index (χ4v) is 2.61. The molecule has 1 fully saturated rings. The van der Waals surface area contributed by atoms with Gasteiger partial charge in [0.25, 0.3) is 0 Å². The lowest BCUT2D eigenvalue weighted by Gasteiger charge is -2.12. The van der Waals surface area contributed by atoms with E-state index >= 15 is 0 Å². The predicted octanol–water partition coefficient (Wildman–Crippen LogP) is 0.614. The Morgan fingerprint density at radius 3 is 3.13 bits per heavy atom. The van der Waals surface area contributed by atoms with E-state index in [0.29, 0.717) is 16.8 Å². The molecule has 2 amide bonds. The summed E-state index contributed by atoms with van der Waals surface area (Å²) in [6.45, 7) is 0.116. The summed E-state index contributed by atoms with van der Waals surface area (Å²) < 4.78 is 0. The Bertz CT molecular complexity index is 366. The number of anilines is 1. The van der Waals surface area contributed by atoms with Crippen molar-refractivity contribution < 1.29 is 9.59 Å². The van der Waals surface area contributed by atoms with Gasteiger partial charge in [-0.25, -0.2) is 4.98 Å². The Hall–Kier alpha value is -1.08. The van der Waals surface area contributed by atoms with E-state index in [9.17, 15) is 9.59 Å². The molecule has 0 aromatic carbocycles. The monoisotopic (exact) mass is 243 g/mol. The Morgan fingerprint density at radius 2 is 2.53 bits per heavy atom. The number of hydrogen-bond donors (Lipinski definition) is 1. The fourth-order valence-electron chi connectivity index (χ4n) is 1.16. The summed E-state index contributed by atoms with van der Waals surface area (Å²) in [6, 6.07) is 0. The van der Waals surface area contributed by atoms with Crippen molar-refractivity contribution in [1.29, 1.82) is 0 Å². The average molecular weight is 243 g/mol. The molecule has 0 spiro atoms. The molecule has 0 aliphatic carbocycles. The molecule has 1 aromatic rings. The summed E-state index contributed by atoms with van der Waals surface area (Å²) in [5, 5.41) is 4.99. The van der Waals surface area contributed by atoms with Crippen LogP contribution in [0, 0.1) is 0 Å². The summed E-state index contributed by atoms with van der Waals surface area (Å²) in [5.74, 6) is 0.907. The normalized spacial score (nSPS) is 15.7. The van der Waals surface area contributed by atoms with Gasteiger partial charge >= 0.3 is 0 Å². The van der Waals surface area contributed by atoms with Gasteiger partial charge in [-0.05, 0) is 0 Å². The summed E-state index contributed by atoms with van der Waals surface area (Å²) >= 11 is 2.88. The zero-order chi connectivity index (χ0) is 10.7. The number of aromatic nitrogens is 1. The van der Waals surface area contributed by atoms with Gasteiger partial charge in [0.2, 0.25) is 11.8 Å². The highest BCUT2D eigenvalue weighted by atomic mass is 32.2. The molecule has 0 radical (unpaired) electrons. The van der Waals surface area contributed by atoms with Crippen molar-refractivity contribution in [2.75, 3.05) is 23.5 Å². The standard InChI is InChI=1S/C8H9N3O2S2/c12-6(10-8-9-1-2-15-8)3-11-5-14-4-7(11)13/h1-2H,3-5H2,(H,9,10,12). The number of amides is 2. The molecule has 0 saturated carbocycles. The van der Waals surface area contributed by atoms with E-state index in [2.05, 4.69) is 10.3 Å². The third-order valence-corrected chi connectivity index (χ3v) is 3.47. The highest BCUT2D eigenvalue weighted by Gasteiger charge is 2.22. The molecule has 1 aliphatic rings. The first-order chi connectivity index (χ1) is 7.25. The van der Waals surface area contributed by atoms with Gasteiger partial charge in [-0.1, -0.05) is 0 Å². The van der Waals surface area contributed by atoms with Crippen LogP contribution in [-0.4, -0.2) is 39.9 Å². The second-order valence-electron chi connectivity index (χ2n) is 2.95. The topological polar surface area (TPSA) is 62.3 Å². The Labute approximate surface area is 94.9 Å². The van der Waals surface area contributed by atoms with Gasteiger partial charge < -0.3 is 10.2 Å². The summed E-state index contributed by atoms with van der Waals surface area (Å²) in [7, 11) is 0. The molecule has 80 valence electrons. The minimum Gasteiger partial charge on any atom is -0.323 e. The fraction of sp³-hybridized carbons (Fsp3) is 0.375. The molecular formula is C8H9N3O2S2. The molecule has 1 aromatic heterocycles. The zero-order valence-corrected chi connectivity index (χ0v) is 9.44. The van der Waals surface area contributed by atoms with Crippen LogP contribution in [0.5, 0.6) is 0 Å². The van der Waals surface area contributed by atoms with Crippen LogP contribution in [-0.2, 0) is 9.59 Å². The highest BCUT2D eigenvalue weighted by molar-refractivity contribution is 8.00. The average Bonchev–Trinajstić information content (AvgIpc) is 2.79. The van der Waals surface area contributed by atoms with Crippen LogP contribution in [0.1, 0.15) is 0 Å². The van der Waals surface area contributed by atoms with Gasteiger partial charge in [0.05, 0.1) is 11.6 Å². The van der Waals surface area contributed by atoms with Gasteiger partial charge in [0.15, 0.2) is 5.13 Å². The first kappa shape index (κ1) is 10.4. The molecule has 0 bridgehead atoms. The number of rotatable bonds is 3. The van der Waals surface area contributed by atoms with E-state index < -0.39 is 0 Å². The van der Waals surface area contributed by atoms with Crippen molar-refractivity contribution in [1.82, 2.24) is 9.88 Å². The zero-order valence-electron chi connectivity index (χ0n) is 7.80. The molecule has 2 rings (SSSR count). The maximum absolute atomic E-state index is 11.5. The third kappa shape index (κ3) is 2.69. The second-order valence-corrected chi connectivity index (χ2v) is 4.80. The number of carbonyl (C=O) groups excluding carboxylic acids is 2. The quantitative estimate of drug-likeness (QED) is 0.845. The molecule has 1 aliphatic heterocycles. The Kier molecular flexibility index (Phi) is 3.22. The lowest BCUT2D eigenvalue weighted by molar-refractivity contribution is -0.130. The van der Waals surface area contributed by atoms with Crippen LogP contribution < -0.4 is 5.32 Å². The van der Waals surface area contributed by atoms with Crippen molar-refractivity contribution >= 4 is 40.0 Å². The van der Waals surface area contributed by atoms with E-state index in [4.69, 9.17) is 0 Å². The minimum absolute atomic E-state index is 0.0225. The SMILES string of the molecule is O=C(CN1CSCC1=O)Nc1nccs1. The lowest BCUT2D eigenvalue weighted by atomic mass is 10.5. The van der Waals surface area contributed by atoms with Crippen LogP contribution in [0.4, 0.5) is 5.13 Å². The van der Waals surface area contributed by atoms with E-state index in [0.717, 1.165) is 0 Å². The molecular weight excluding hydrogens is 234 g/mol. The molecule has 1 saturated heterocycles. The molecule has 0 unspecified atom stereocenters. The van der Waals surface area contributed by atoms with Crippen molar-refractivity contribution in [3.8, 4) is 0 Å². The summed E-state index contributed by atoms with van der Waals surface area (Å²) in [4.78, 5) is 28.2. The highest BCUT2D eigenvalue weighted by Crippen LogP contribution is 2.15. The number of thiazole rings is 1. The number of nitrogens with one attached hydrogen (secondary N) is 1. The van der Waals surface area contributed by atoms with Crippen LogP contribution in [0.15, 0.2) is 11.6 Å².